The van der Waals surface area contributed by atoms with Gasteiger partial charge < -0.3 is 9.53 Å². The molecular weight excluding hydrogens is 180 g/mol. The van der Waals surface area contributed by atoms with Crippen LogP contribution in [-0.2, 0) is 4.43 Å². The van der Waals surface area contributed by atoms with Crippen molar-refractivity contribution < 1.29 is 9.53 Å². The second kappa shape index (κ2) is 4.11. The summed E-state index contributed by atoms with van der Waals surface area (Å²) >= 11 is 0. The molecular formula is C10H22O2Si. The highest BCUT2D eigenvalue weighted by Gasteiger charge is 2.38. The third-order valence-corrected chi connectivity index (χ3v) is 6.74. The van der Waals surface area contributed by atoms with Crippen LogP contribution in [0.3, 0.4) is 0 Å². The van der Waals surface area contributed by atoms with Crippen molar-refractivity contribution in [1.82, 2.24) is 0 Å². The highest BCUT2D eigenvalue weighted by atomic mass is 28.4. The van der Waals surface area contributed by atoms with Gasteiger partial charge in [-0.05, 0) is 45.3 Å². The van der Waals surface area contributed by atoms with E-state index in [1.165, 1.54) is 18.9 Å². The minimum Gasteiger partial charge on any atom is -0.412 e. The fraction of sp³-hybridized carbons (Fsp3) is 1.00. The van der Waals surface area contributed by atoms with Crippen molar-refractivity contribution in [2.75, 3.05) is 6.61 Å². The van der Waals surface area contributed by atoms with Gasteiger partial charge in [0.25, 0.3) is 0 Å². The van der Waals surface area contributed by atoms with Crippen LogP contribution >= 0.6 is 0 Å². The average molecular weight is 202 g/mol. The summed E-state index contributed by atoms with van der Waals surface area (Å²) in [5.41, 5.74) is 0.0919. The van der Waals surface area contributed by atoms with Crippen molar-refractivity contribution in [2.24, 2.45) is 0 Å². The Balaban J connectivity index is 2.47. The van der Waals surface area contributed by atoms with Crippen molar-refractivity contribution >= 4 is 8.32 Å². The van der Waals surface area contributed by atoms with Crippen LogP contribution in [0.4, 0.5) is 0 Å². The average Bonchev–Trinajstić information content (AvgIpc) is 1.98. The Morgan fingerprint density at radius 1 is 1.46 bits per heavy atom. The van der Waals surface area contributed by atoms with E-state index in [4.69, 9.17) is 9.53 Å². The van der Waals surface area contributed by atoms with Gasteiger partial charge in [0, 0.05) is 6.61 Å². The van der Waals surface area contributed by atoms with Crippen molar-refractivity contribution in [3.8, 4) is 0 Å². The van der Waals surface area contributed by atoms with E-state index in [0.29, 0.717) is 6.61 Å². The summed E-state index contributed by atoms with van der Waals surface area (Å²) in [6.45, 7) is 7.00. The lowest BCUT2D eigenvalue weighted by atomic mass is 10.0. The number of hydrogen-bond acceptors (Lipinski definition) is 2. The highest BCUT2D eigenvalue weighted by molar-refractivity contribution is 6.72. The van der Waals surface area contributed by atoms with Crippen LogP contribution in [0, 0.1) is 0 Å². The second-order valence-corrected chi connectivity index (χ2v) is 9.10. The van der Waals surface area contributed by atoms with Gasteiger partial charge in [-0.1, -0.05) is 6.42 Å². The molecule has 1 rings (SSSR count). The molecule has 0 bridgehead atoms. The van der Waals surface area contributed by atoms with Crippen LogP contribution in [0.25, 0.3) is 0 Å². The van der Waals surface area contributed by atoms with Gasteiger partial charge in [-0.15, -0.1) is 0 Å². The van der Waals surface area contributed by atoms with Gasteiger partial charge in [0.1, 0.15) is 0 Å². The number of aliphatic hydroxyl groups is 1. The molecule has 0 aromatic heterocycles. The molecule has 3 heteroatoms. The molecule has 78 valence electrons. The van der Waals surface area contributed by atoms with E-state index in [9.17, 15) is 0 Å². The molecule has 2 nitrogen and oxygen atoms in total. The first kappa shape index (κ1) is 11.2. The topological polar surface area (TPSA) is 29.5 Å². The SMILES string of the molecule is CC1(C)CCC[Si](C)(CCCO)O1. The summed E-state index contributed by atoms with van der Waals surface area (Å²) in [4.78, 5) is 0. The van der Waals surface area contributed by atoms with E-state index in [-0.39, 0.29) is 5.60 Å². The fourth-order valence-electron chi connectivity index (χ4n) is 2.29. The van der Waals surface area contributed by atoms with Crippen LogP contribution < -0.4 is 0 Å². The van der Waals surface area contributed by atoms with Crippen LogP contribution in [0.2, 0.25) is 18.6 Å². The minimum absolute atomic E-state index is 0.0919. The van der Waals surface area contributed by atoms with E-state index in [0.717, 1.165) is 12.5 Å². The molecule has 1 saturated heterocycles. The van der Waals surface area contributed by atoms with Gasteiger partial charge in [-0.25, -0.2) is 0 Å². The van der Waals surface area contributed by atoms with Crippen molar-refractivity contribution in [1.29, 1.82) is 0 Å². The molecule has 13 heavy (non-hydrogen) atoms. The van der Waals surface area contributed by atoms with E-state index in [1.54, 1.807) is 0 Å². The van der Waals surface area contributed by atoms with E-state index >= 15 is 0 Å². The molecule has 0 aromatic rings. The van der Waals surface area contributed by atoms with Crippen molar-refractivity contribution in [3.05, 3.63) is 0 Å². The Morgan fingerprint density at radius 2 is 2.15 bits per heavy atom. The van der Waals surface area contributed by atoms with Crippen LogP contribution in [0.15, 0.2) is 0 Å². The molecule has 0 amide bonds. The number of hydrogen-bond donors (Lipinski definition) is 1. The van der Waals surface area contributed by atoms with Crippen molar-refractivity contribution in [3.63, 3.8) is 0 Å². The first-order valence-electron chi connectivity index (χ1n) is 5.29. The van der Waals surface area contributed by atoms with Gasteiger partial charge in [-0.3, -0.25) is 0 Å². The lowest BCUT2D eigenvalue weighted by molar-refractivity contribution is 0.0692. The van der Waals surface area contributed by atoms with Gasteiger partial charge in [0.15, 0.2) is 8.32 Å². The Morgan fingerprint density at radius 3 is 2.69 bits per heavy atom. The van der Waals surface area contributed by atoms with E-state index < -0.39 is 8.32 Å². The number of aliphatic hydroxyl groups excluding tert-OH is 1. The second-order valence-electron chi connectivity index (χ2n) is 4.99. The standard InChI is InChI=1S/C10H22O2Si/c1-10(2)6-4-8-13(3,12-10)9-5-7-11/h11H,4-9H2,1-3H3. The molecule has 0 aliphatic carbocycles. The predicted molar refractivity (Wildman–Crippen MR) is 57.3 cm³/mol. The van der Waals surface area contributed by atoms with Gasteiger partial charge >= 0.3 is 0 Å². The molecule has 1 N–H and O–H groups in total. The molecule has 1 aliphatic rings. The summed E-state index contributed by atoms with van der Waals surface area (Å²) in [5, 5.41) is 8.81. The third-order valence-electron chi connectivity index (χ3n) is 2.87. The van der Waals surface area contributed by atoms with Crippen LogP contribution in [-0.4, -0.2) is 25.6 Å². The number of rotatable bonds is 3. The molecule has 1 unspecified atom stereocenters. The van der Waals surface area contributed by atoms with Crippen molar-refractivity contribution in [2.45, 2.75) is 57.3 Å². The van der Waals surface area contributed by atoms with Gasteiger partial charge in [-0.2, -0.15) is 0 Å². The maximum atomic E-state index is 8.81. The van der Waals surface area contributed by atoms with Gasteiger partial charge in [0.05, 0.1) is 5.60 Å². The maximum absolute atomic E-state index is 8.81. The first-order valence-corrected chi connectivity index (χ1v) is 8.11. The first-order chi connectivity index (χ1) is 5.97. The Kier molecular flexibility index (Phi) is 3.55. The zero-order valence-corrected chi connectivity index (χ0v) is 10.1. The quantitative estimate of drug-likeness (QED) is 0.713. The third kappa shape index (κ3) is 3.41. The lowest BCUT2D eigenvalue weighted by Gasteiger charge is -2.42. The molecule has 1 aliphatic heterocycles. The van der Waals surface area contributed by atoms with E-state index in [2.05, 4.69) is 20.4 Å². The minimum atomic E-state index is -1.45. The Labute approximate surface area is 82.4 Å². The highest BCUT2D eigenvalue weighted by Crippen LogP contribution is 2.35. The molecule has 1 fully saturated rings. The Bertz CT molecular complexity index is 170. The summed E-state index contributed by atoms with van der Waals surface area (Å²) in [7, 11) is -1.45. The molecule has 0 saturated carbocycles. The summed E-state index contributed by atoms with van der Waals surface area (Å²) < 4.78 is 6.19. The zero-order valence-electron chi connectivity index (χ0n) is 9.10. The molecule has 0 aromatic carbocycles. The monoisotopic (exact) mass is 202 g/mol. The van der Waals surface area contributed by atoms with E-state index in [1.807, 2.05) is 0 Å². The summed E-state index contributed by atoms with van der Waals surface area (Å²) in [5.74, 6) is 0. The zero-order chi connectivity index (χ0) is 9.95. The van der Waals surface area contributed by atoms with Crippen LogP contribution in [0.1, 0.15) is 33.1 Å². The maximum Gasteiger partial charge on any atom is 0.190 e. The largest absolute Gasteiger partial charge is 0.412 e. The summed E-state index contributed by atoms with van der Waals surface area (Å²) in [6.07, 6.45) is 3.41. The fourth-order valence-corrected chi connectivity index (χ4v) is 6.01. The lowest BCUT2D eigenvalue weighted by Crippen LogP contribution is -2.47. The molecule has 1 atom stereocenters. The predicted octanol–water partition coefficient (Wildman–Crippen LogP) is 2.53. The normalized spacial score (nSPS) is 33.2. The van der Waals surface area contributed by atoms with Crippen LogP contribution in [0.5, 0.6) is 0 Å². The molecule has 1 heterocycles. The summed E-state index contributed by atoms with van der Waals surface area (Å²) in [6, 6.07) is 2.39. The molecule has 0 spiro atoms. The smallest absolute Gasteiger partial charge is 0.190 e. The molecule has 0 radical (unpaired) electrons. The Hall–Kier alpha value is 0.137. The van der Waals surface area contributed by atoms with Gasteiger partial charge in [0.2, 0.25) is 0 Å².